The van der Waals surface area contributed by atoms with Crippen molar-refractivity contribution in [2.24, 2.45) is 11.8 Å². The Morgan fingerprint density at radius 2 is 2.13 bits per heavy atom. The van der Waals surface area contributed by atoms with E-state index in [1.54, 1.807) is 0 Å². The van der Waals surface area contributed by atoms with Gasteiger partial charge in [-0.2, -0.15) is 0 Å². The van der Waals surface area contributed by atoms with Crippen LogP contribution in [0.25, 0.3) is 0 Å². The summed E-state index contributed by atoms with van der Waals surface area (Å²) in [6.07, 6.45) is 1.65. The van der Waals surface area contributed by atoms with Gasteiger partial charge in [-0.1, -0.05) is 13.8 Å². The Hall–Kier alpha value is -0.610. The summed E-state index contributed by atoms with van der Waals surface area (Å²) in [5, 5.41) is 15.0. The molecule has 0 aromatic heterocycles. The first-order valence-corrected chi connectivity index (χ1v) is 5.73. The van der Waals surface area contributed by atoms with E-state index in [-0.39, 0.29) is 12.0 Å². The highest BCUT2D eigenvalue weighted by Gasteiger charge is 2.26. The van der Waals surface area contributed by atoms with Crippen molar-refractivity contribution in [1.29, 1.82) is 0 Å². The van der Waals surface area contributed by atoms with Gasteiger partial charge in [0.25, 0.3) is 0 Å². The minimum absolute atomic E-state index is 0.0589. The van der Waals surface area contributed by atoms with Gasteiger partial charge in [0.05, 0.1) is 12.6 Å². The third-order valence-electron chi connectivity index (χ3n) is 2.64. The zero-order valence-electron chi connectivity index (χ0n) is 9.62. The van der Waals surface area contributed by atoms with Crippen LogP contribution >= 0.6 is 0 Å². The summed E-state index contributed by atoms with van der Waals surface area (Å²) in [7, 11) is 0. The van der Waals surface area contributed by atoms with Crippen molar-refractivity contribution in [2.45, 2.75) is 32.8 Å². The maximum absolute atomic E-state index is 11.3. The van der Waals surface area contributed by atoms with E-state index in [2.05, 4.69) is 24.5 Å². The van der Waals surface area contributed by atoms with E-state index in [9.17, 15) is 4.79 Å². The SMILES string of the molecule is CC(C)CNC(=O)CNCC1CC(O)C1. The normalized spacial score (nSPS) is 25.1. The summed E-state index contributed by atoms with van der Waals surface area (Å²) >= 11 is 0. The Morgan fingerprint density at radius 1 is 1.47 bits per heavy atom. The second kappa shape index (κ2) is 6.08. The van der Waals surface area contributed by atoms with Crippen molar-refractivity contribution >= 4 is 5.91 Å². The van der Waals surface area contributed by atoms with Crippen LogP contribution in [0, 0.1) is 11.8 Å². The summed E-state index contributed by atoms with van der Waals surface area (Å²) in [6, 6.07) is 0. The van der Waals surface area contributed by atoms with Crippen molar-refractivity contribution in [2.75, 3.05) is 19.6 Å². The zero-order chi connectivity index (χ0) is 11.3. The molecular weight excluding hydrogens is 192 g/mol. The van der Waals surface area contributed by atoms with Gasteiger partial charge in [0.2, 0.25) is 5.91 Å². The molecule has 0 bridgehead atoms. The molecule has 1 amide bonds. The lowest BCUT2D eigenvalue weighted by Crippen LogP contribution is -2.41. The third-order valence-corrected chi connectivity index (χ3v) is 2.64. The Kier molecular flexibility index (Phi) is 5.05. The largest absolute Gasteiger partial charge is 0.393 e. The molecule has 0 atom stereocenters. The summed E-state index contributed by atoms with van der Waals surface area (Å²) in [5.74, 6) is 1.11. The second-order valence-electron chi connectivity index (χ2n) is 4.82. The van der Waals surface area contributed by atoms with E-state index in [1.807, 2.05) is 0 Å². The van der Waals surface area contributed by atoms with Crippen LogP contribution in [0.5, 0.6) is 0 Å². The highest BCUT2D eigenvalue weighted by Crippen LogP contribution is 2.25. The summed E-state index contributed by atoms with van der Waals surface area (Å²) in [4.78, 5) is 11.3. The van der Waals surface area contributed by atoms with Crippen LogP contribution in [0.3, 0.4) is 0 Å². The lowest BCUT2D eigenvalue weighted by atomic mass is 9.82. The maximum atomic E-state index is 11.3. The van der Waals surface area contributed by atoms with Crippen LogP contribution in [0.1, 0.15) is 26.7 Å². The summed E-state index contributed by atoms with van der Waals surface area (Å²) in [6.45, 7) is 6.11. The van der Waals surface area contributed by atoms with Crippen LogP contribution in [0.15, 0.2) is 0 Å². The summed E-state index contributed by atoms with van der Waals surface area (Å²) < 4.78 is 0. The second-order valence-corrected chi connectivity index (χ2v) is 4.82. The highest BCUT2D eigenvalue weighted by atomic mass is 16.3. The fourth-order valence-corrected chi connectivity index (χ4v) is 1.64. The smallest absolute Gasteiger partial charge is 0.233 e. The van der Waals surface area contributed by atoms with E-state index >= 15 is 0 Å². The molecule has 4 heteroatoms. The molecule has 1 fully saturated rings. The van der Waals surface area contributed by atoms with Crippen molar-refractivity contribution in [3.63, 3.8) is 0 Å². The van der Waals surface area contributed by atoms with Gasteiger partial charge in [0.1, 0.15) is 0 Å². The Bertz CT molecular complexity index is 201. The zero-order valence-corrected chi connectivity index (χ0v) is 9.62. The molecule has 88 valence electrons. The average Bonchev–Trinajstić information content (AvgIpc) is 2.12. The molecule has 0 aliphatic heterocycles. The van der Waals surface area contributed by atoms with Gasteiger partial charge in [0, 0.05) is 6.54 Å². The van der Waals surface area contributed by atoms with Crippen LogP contribution in [0.4, 0.5) is 0 Å². The predicted molar refractivity (Wildman–Crippen MR) is 59.4 cm³/mol. The Balaban J connectivity index is 1.93. The predicted octanol–water partition coefficient (Wildman–Crippen LogP) is 0.119. The molecule has 0 aromatic carbocycles. The first kappa shape index (κ1) is 12.5. The van der Waals surface area contributed by atoms with E-state index < -0.39 is 0 Å². The fraction of sp³-hybridized carbons (Fsp3) is 0.909. The Morgan fingerprint density at radius 3 is 2.67 bits per heavy atom. The average molecular weight is 214 g/mol. The fourth-order valence-electron chi connectivity index (χ4n) is 1.64. The topological polar surface area (TPSA) is 61.4 Å². The monoisotopic (exact) mass is 214 g/mol. The van der Waals surface area contributed by atoms with Crippen molar-refractivity contribution in [3.8, 4) is 0 Å². The molecule has 0 heterocycles. The van der Waals surface area contributed by atoms with E-state index in [0.29, 0.717) is 18.4 Å². The molecule has 1 aliphatic rings. The highest BCUT2D eigenvalue weighted by molar-refractivity contribution is 5.77. The number of nitrogens with one attached hydrogen (secondary N) is 2. The molecule has 0 saturated heterocycles. The first-order valence-electron chi connectivity index (χ1n) is 5.73. The summed E-state index contributed by atoms with van der Waals surface area (Å²) in [5.41, 5.74) is 0. The van der Waals surface area contributed by atoms with Gasteiger partial charge >= 0.3 is 0 Å². The number of carbonyl (C=O) groups excluding carboxylic acids is 1. The molecule has 3 N–H and O–H groups in total. The van der Waals surface area contributed by atoms with Crippen molar-refractivity contribution in [3.05, 3.63) is 0 Å². The number of aliphatic hydroxyl groups is 1. The molecule has 1 rings (SSSR count). The third kappa shape index (κ3) is 5.14. The lowest BCUT2D eigenvalue weighted by molar-refractivity contribution is -0.120. The Labute approximate surface area is 91.4 Å². The van der Waals surface area contributed by atoms with E-state index in [0.717, 1.165) is 25.9 Å². The van der Waals surface area contributed by atoms with Crippen LogP contribution in [-0.4, -0.2) is 36.8 Å². The standard InChI is InChI=1S/C11H22N2O2/c1-8(2)5-13-11(15)7-12-6-9-3-10(14)4-9/h8-10,12,14H,3-7H2,1-2H3,(H,13,15). The minimum Gasteiger partial charge on any atom is -0.393 e. The molecule has 0 unspecified atom stereocenters. The molecule has 0 spiro atoms. The number of hydrogen-bond donors (Lipinski definition) is 3. The van der Waals surface area contributed by atoms with Gasteiger partial charge < -0.3 is 15.7 Å². The number of hydrogen-bond acceptors (Lipinski definition) is 3. The number of amides is 1. The van der Waals surface area contributed by atoms with Gasteiger partial charge in [-0.15, -0.1) is 0 Å². The van der Waals surface area contributed by atoms with Crippen molar-refractivity contribution in [1.82, 2.24) is 10.6 Å². The van der Waals surface area contributed by atoms with Gasteiger partial charge in [0.15, 0.2) is 0 Å². The van der Waals surface area contributed by atoms with Gasteiger partial charge in [-0.25, -0.2) is 0 Å². The van der Waals surface area contributed by atoms with Crippen molar-refractivity contribution < 1.29 is 9.90 Å². The molecule has 1 saturated carbocycles. The number of aliphatic hydroxyl groups excluding tert-OH is 1. The van der Waals surface area contributed by atoms with Crippen LogP contribution in [-0.2, 0) is 4.79 Å². The number of rotatable bonds is 6. The molecular formula is C11H22N2O2. The van der Waals surface area contributed by atoms with Gasteiger partial charge in [-0.05, 0) is 31.2 Å². The molecule has 0 radical (unpaired) electrons. The molecule has 15 heavy (non-hydrogen) atoms. The molecule has 0 aromatic rings. The first-order chi connectivity index (χ1) is 7.08. The van der Waals surface area contributed by atoms with Crippen LogP contribution in [0.2, 0.25) is 0 Å². The molecule has 1 aliphatic carbocycles. The van der Waals surface area contributed by atoms with E-state index in [1.165, 1.54) is 0 Å². The quantitative estimate of drug-likeness (QED) is 0.588. The van der Waals surface area contributed by atoms with Crippen LogP contribution < -0.4 is 10.6 Å². The van der Waals surface area contributed by atoms with E-state index in [4.69, 9.17) is 5.11 Å². The number of carbonyl (C=O) groups is 1. The minimum atomic E-state index is -0.105. The maximum Gasteiger partial charge on any atom is 0.233 e. The van der Waals surface area contributed by atoms with Gasteiger partial charge in [-0.3, -0.25) is 4.79 Å². The lowest BCUT2D eigenvalue weighted by Gasteiger charge is -2.31. The molecule has 4 nitrogen and oxygen atoms in total.